The normalized spacial score (nSPS) is 11.3. The van der Waals surface area contributed by atoms with Crippen LogP contribution >= 0.6 is 0 Å². The number of para-hydroxylation sites is 4. The van der Waals surface area contributed by atoms with Crippen LogP contribution in [0.1, 0.15) is 0 Å². The number of hydrogen-bond donors (Lipinski definition) is 0. The van der Waals surface area contributed by atoms with Crippen LogP contribution in [0.5, 0.6) is 0 Å². The molecule has 10 aromatic carbocycles. The second-order valence-electron chi connectivity index (χ2n) is 16.6. The van der Waals surface area contributed by atoms with E-state index in [1.807, 2.05) is 42.5 Å². The van der Waals surface area contributed by atoms with Gasteiger partial charge in [-0.1, -0.05) is 170 Å². The van der Waals surface area contributed by atoms with Gasteiger partial charge >= 0.3 is 0 Å². The van der Waals surface area contributed by atoms with Crippen molar-refractivity contribution >= 4 is 49.9 Å². The van der Waals surface area contributed by atoms with Crippen LogP contribution in [0.25, 0.3) is 94.4 Å². The Bertz CT molecular complexity index is 3640. The molecule has 2 aromatic heterocycles. The van der Waals surface area contributed by atoms with Crippen molar-refractivity contribution in [2.24, 2.45) is 0 Å². The first kappa shape index (κ1) is 38.8. The van der Waals surface area contributed by atoms with Crippen LogP contribution in [0.4, 0.5) is 17.1 Å². The zero-order chi connectivity index (χ0) is 43.8. The number of anilines is 3. The van der Waals surface area contributed by atoms with Crippen molar-refractivity contribution in [2.45, 2.75) is 0 Å². The highest BCUT2D eigenvalue weighted by atomic mass is 15.1. The fourth-order valence-corrected chi connectivity index (χ4v) is 9.32. The van der Waals surface area contributed by atoms with E-state index < -0.39 is 0 Å². The number of rotatable bonds is 9. The first-order valence-corrected chi connectivity index (χ1v) is 22.4. The summed E-state index contributed by atoms with van der Waals surface area (Å²) in [5.41, 5.74) is 19.4. The number of aromatic nitrogens is 3. The zero-order valence-electron chi connectivity index (χ0n) is 36.0. The first-order chi connectivity index (χ1) is 32.7. The van der Waals surface area contributed by atoms with Gasteiger partial charge in [0.05, 0.1) is 33.5 Å². The third-order valence-corrected chi connectivity index (χ3v) is 12.6. The summed E-state index contributed by atoms with van der Waals surface area (Å²) in [4.78, 5) is 12.6. The predicted molar refractivity (Wildman–Crippen MR) is 276 cm³/mol. The average molecular weight is 843 g/mol. The molecular weight excluding hydrogens is 801 g/mol. The lowest BCUT2D eigenvalue weighted by atomic mass is 9.98. The molecule has 4 heteroatoms. The summed E-state index contributed by atoms with van der Waals surface area (Å²) < 4.78 is 2.39. The molecule has 0 aliphatic rings. The van der Waals surface area contributed by atoms with Crippen molar-refractivity contribution in [3.05, 3.63) is 255 Å². The van der Waals surface area contributed by atoms with E-state index in [-0.39, 0.29) is 0 Å². The van der Waals surface area contributed by atoms with E-state index in [1.54, 1.807) is 0 Å². The zero-order valence-corrected chi connectivity index (χ0v) is 36.0. The standard InChI is InChI=1S/C62H42N4/c1-5-15-43(16-6-1)44-25-27-45(28-26-44)49-33-39-59-55(41-49)56-42-50(34-40-60(56)66(59)52-21-11-4-12-22-52)46-29-35-53(36-30-46)65(51-19-9-3-10-20-51)54-37-31-48(32-38-54)62-61(47-17-7-2-8-18-47)63-57-23-13-14-24-58(57)64-62/h1-42H. The van der Waals surface area contributed by atoms with E-state index in [2.05, 4.69) is 222 Å². The van der Waals surface area contributed by atoms with E-state index >= 15 is 0 Å². The summed E-state index contributed by atoms with van der Waals surface area (Å²) >= 11 is 0. The van der Waals surface area contributed by atoms with E-state index in [0.717, 1.165) is 61.9 Å². The van der Waals surface area contributed by atoms with Gasteiger partial charge in [0.1, 0.15) is 0 Å². The van der Waals surface area contributed by atoms with Gasteiger partial charge in [-0.05, 0) is 118 Å². The molecule has 0 fully saturated rings. The molecular formula is C62H42N4. The fraction of sp³-hybridized carbons (Fsp3) is 0. The minimum atomic E-state index is 0.861. The van der Waals surface area contributed by atoms with Gasteiger partial charge in [0.15, 0.2) is 0 Å². The molecule has 0 saturated carbocycles. The summed E-state index contributed by atoms with van der Waals surface area (Å²) in [6.45, 7) is 0. The van der Waals surface area contributed by atoms with Crippen molar-refractivity contribution in [3.8, 4) is 61.6 Å². The topological polar surface area (TPSA) is 34.0 Å². The molecule has 66 heavy (non-hydrogen) atoms. The van der Waals surface area contributed by atoms with Crippen LogP contribution in [0.15, 0.2) is 255 Å². The van der Waals surface area contributed by atoms with Crippen molar-refractivity contribution in [2.75, 3.05) is 4.90 Å². The number of hydrogen-bond acceptors (Lipinski definition) is 3. The van der Waals surface area contributed by atoms with Gasteiger partial charge in [-0.3, -0.25) is 0 Å². The molecule has 12 aromatic rings. The second-order valence-corrected chi connectivity index (χ2v) is 16.6. The van der Waals surface area contributed by atoms with Crippen molar-refractivity contribution < 1.29 is 0 Å². The fourth-order valence-electron chi connectivity index (χ4n) is 9.32. The molecule has 0 aliphatic heterocycles. The molecule has 0 radical (unpaired) electrons. The summed E-state index contributed by atoms with van der Waals surface area (Å²) in [5.74, 6) is 0. The largest absolute Gasteiger partial charge is 0.311 e. The summed E-state index contributed by atoms with van der Waals surface area (Å²) in [6, 6.07) is 90.6. The molecule has 12 rings (SSSR count). The molecule has 2 heterocycles. The van der Waals surface area contributed by atoms with E-state index in [4.69, 9.17) is 9.97 Å². The average Bonchev–Trinajstić information content (AvgIpc) is 3.73. The third kappa shape index (κ3) is 7.17. The van der Waals surface area contributed by atoms with Gasteiger partial charge in [-0.15, -0.1) is 0 Å². The molecule has 0 bridgehead atoms. The lowest BCUT2D eigenvalue weighted by Gasteiger charge is -2.26. The SMILES string of the molecule is c1ccc(-c2ccc(-c3ccc4c(c3)c3cc(-c5ccc(N(c6ccccc6)c6ccc(-c7nc8ccccc8nc7-c7ccccc7)cc6)cc5)ccc3n4-c3ccccc3)cc2)cc1. The Labute approximate surface area is 384 Å². The highest BCUT2D eigenvalue weighted by Gasteiger charge is 2.18. The number of benzene rings is 10. The molecule has 0 N–H and O–H groups in total. The highest BCUT2D eigenvalue weighted by Crippen LogP contribution is 2.40. The molecule has 0 saturated heterocycles. The lowest BCUT2D eigenvalue weighted by molar-refractivity contribution is 1.18. The van der Waals surface area contributed by atoms with Gasteiger partial charge in [0, 0.05) is 44.6 Å². The monoisotopic (exact) mass is 842 g/mol. The minimum absolute atomic E-state index is 0.861. The Hall–Kier alpha value is -8.86. The first-order valence-electron chi connectivity index (χ1n) is 22.4. The van der Waals surface area contributed by atoms with Crippen LogP contribution in [0.2, 0.25) is 0 Å². The van der Waals surface area contributed by atoms with Crippen LogP contribution < -0.4 is 4.90 Å². The maximum absolute atomic E-state index is 5.16. The van der Waals surface area contributed by atoms with Crippen LogP contribution in [0, 0.1) is 0 Å². The third-order valence-electron chi connectivity index (χ3n) is 12.6. The van der Waals surface area contributed by atoms with Crippen molar-refractivity contribution in [1.29, 1.82) is 0 Å². The predicted octanol–water partition coefficient (Wildman–Crippen LogP) is 16.5. The molecule has 310 valence electrons. The van der Waals surface area contributed by atoms with Crippen LogP contribution in [-0.2, 0) is 0 Å². The van der Waals surface area contributed by atoms with Crippen molar-refractivity contribution in [3.63, 3.8) is 0 Å². The van der Waals surface area contributed by atoms with E-state index in [0.29, 0.717) is 0 Å². The number of fused-ring (bicyclic) bond motifs is 4. The summed E-state index contributed by atoms with van der Waals surface area (Å²) in [5, 5.41) is 2.44. The smallest absolute Gasteiger partial charge is 0.0973 e. The molecule has 0 atom stereocenters. The lowest BCUT2D eigenvalue weighted by Crippen LogP contribution is -2.09. The van der Waals surface area contributed by atoms with Gasteiger partial charge in [-0.25, -0.2) is 9.97 Å². The summed E-state index contributed by atoms with van der Waals surface area (Å²) in [7, 11) is 0. The van der Waals surface area contributed by atoms with Gasteiger partial charge < -0.3 is 9.47 Å². The minimum Gasteiger partial charge on any atom is -0.311 e. The summed E-state index contributed by atoms with van der Waals surface area (Å²) in [6.07, 6.45) is 0. The Morgan fingerprint density at radius 1 is 0.273 bits per heavy atom. The molecule has 4 nitrogen and oxygen atoms in total. The Morgan fingerprint density at radius 2 is 0.606 bits per heavy atom. The molecule has 0 aliphatic carbocycles. The highest BCUT2D eigenvalue weighted by molar-refractivity contribution is 6.11. The van der Waals surface area contributed by atoms with Gasteiger partial charge in [-0.2, -0.15) is 0 Å². The van der Waals surface area contributed by atoms with Gasteiger partial charge in [0.2, 0.25) is 0 Å². The Balaban J connectivity index is 0.911. The van der Waals surface area contributed by atoms with Gasteiger partial charge in [0.25, 0.3) is 0 Å². The maximum atomic E-state index is 5.16. The Morgan fingerprint density at radius 3 is 1.11 bits per heavy atom. The van der Waals surface area contributed by atoms with Crippen LogP contribution in [-0.4, -0.2) is 14.5 Å². The van der Waals surface area contributed by atoms with E-state index in [9.17, 15) is 0 Å². The van der Waals surface area contributed by atoms with Crippen LogP contribution in [0.3, 0.4) is 0 Å². The quantitative estimate of drug-likeness (QED) is 0.145. The van der Waals surface area contributed by atoms with Crippen molar-refractivity contribution in [1.82, 2.24) is 14.5 Å². The molecule has 0 amide bonds. The second kappa shape index (κ2) is 16.7. The molecule has 0 unspecified atom stereocenters. The molecule has 0 spiro atoms. The Kier molecular flexibility index (Phi) is 9.81. The van der Waals surface area contributed by atoms with E-state index in [1.165, 1.54) is 49.6 Å². The number of nitrogens with zero attached hydrogens (tertiary/aromatic N) is 4. The maximum Gasteiger partial charge on any atom is 0.0973 e.